The highest BCUT2D eigenvalue weighted by Gasteiger charge is 2.39. The summed E-state index contributed by atoms with van der Waals surface area (Å²) >= 11 is 1.86. The molecule has 0 aromatic rings. The van der Waals surface area contributed by atoms with Crippen LogP contribution in [-0.2, 0) is 4.79 Å². The summed E-state index contributed by atoms with van der Waals surface area (Å²) in [4.78, 5) is 12.8. The number of nitrogens with zero attached hydrogens (tertiary/aromatic N) is 1. The topological polar surface area (TPSA) is 20.3 Å². The fourth-order valence-corrected chi connectivity index (χ4v) is 2.88. The number of fused-ring (bicyclic) bond motifs is 1. The SMILES string of the molecule is CC1S[C@@H]2CC(=O)N2C=C1P. The van der Waals surface area contributed by atoms with Crippen LogP contribution in [-0.4, -0.2) is 21.4 Å². The first-order valence-corrected chi connectivity index (χ1v) is 5.14. The third kappa shape index (κ3) is 1.11. The molecule has 4 heteroatoms. The van der Waals surface area contributed by atoms with Gasteiger partial charge in [-0.2, -0.15) is 0 Å². The zero-order valence-corrected chi connectivity index (χ0v) is 8.25. The Labute approximate surface area is 72.6 Å². The molecule has 0 N–H and O–H groups in total. The summed E-state index contributed by atoms with van der Waals surface area (Å²) < 4.78 is 0. The maximum Gasteiger partial charge on any atom is 0.230 e. The van der Waals surface area contributed by atoms with Crippen molar-refractivity contribution in [3.8, 4) is 0 Å². The van der Waals surface area contributed by atoms with Crippen molar-refractivity contribution in [3.63, 3.8) is 0 Å². The molecule has 1 saturated heterocycles. The zero-order chi connectivity index (χ0) is 8.01. The van der Waals surface area contributed by atoms with Crippen LogP contribution >= 0.6 is 21.0 Å². The molecule has 60 valence electrons. The average molecular weight is 187 g/mol. The van der Waals surface area contributed by atoms with E-state index in [9.17, 15) is 4.79 Å². The first kappa shape index (κ1) is 7.63. The van der Waals surface area contributed by atoms with Gasteiger partial charge in [0.1, 0.15) is 0 Å². The van der Waals surface area contributed by atoms with Crippen molar-refractivity contribution >= 4 is 26.9 Å². The number of hydrogen-bond acceptors (Lipinski definition) is 2. The van der Waals surface area contributed by atoms with Crippen molar-refractivity contribution in [3.05, 3.63) is 11.5 Å². The van der Waals surface area contributed by atoms with Gasteiger partial charge < -0.3 is 4.90 Å². The lowest BCUT2D eigenvalue weighted by Gasteiger charge is -2.42. The second-order valence-electron chi connectivity index (χ2n) is 2.87. The van der Waals surface area contributed by atoms with Crippen LogP contribution in [0.25, 0.3) is 0 Å². The number of carbonyl (C=O) groups is 1. The summed E-state index contributed by atoms with van der Waals surface area (Å²) in [6.45, 7) is 2.17. The molecular formula is C7H10NOPS. The van der Waals surface area contributed by atoms with Crippen LogP contribution in [0.4, 0.5) is 0 Å². The first-order valence-electron chi connectivity index (χ1n) is 3.62. The molecule has 0 aromatic heterocycles. The van der Waals surface area contributed by atoms with Gasteiger partial charge in [0.25, 0.3) is 0 Å². The van der Waals surface area contributed by atoms with Crippen LogP contribution in [0.3, 0.4) is 0 Å². The van der Waals surface area contributed by atoms with Crippen molar-refractivity contribution in [2.24, 2.45) is 0 Å². The van der Waals surface area contributed by atoms with E-state index in [-0.39, 0.29) is 5.91 Å². The van der Waals surface area contributed by atoms with E-state index in [0.717, 1.165) is 6.42 Å². The minimum absolute atomic E-state index is 0.259. The molecule has 0 radical (unpaired) electrons. The lowest BCUT2D eigenvalue weighted by molar-refractivity contribution is -0.137. The Bertz CT molecular complexity index is 241. The molecular weight excluding hydrogens is 177 g/mol. The molecule has 0 spiro atoms. The van der Waals surface area contributed by atoms with E-state index in [2.05, 4.69) is 16.2 Å². The molecule has 0 aromatic carbocycles. The van der Waals surface area contributed by atoms with Crippen LogP contribution in [0.1, 0.15) is 13.3 Å². The molecule has 2 aliphatic heterocycles. The van der Waals surface area contributed by atoms with Gasteiger partial charge in [0.15, 0.2) is 0 Å². The third-order valence-corrected chi connectivity index (χ3v) is 4.35. The summed E-state index contributed by atoms with van der Waals surface area (Å²) in [7, 11) is 2.68. The molecule has 2 heterocycles. The molecule has 2 nitrogen and oxygen atoms in total. The number of amides is 1. The summed E-state index contributed by atoms with van der Waals surface area (Å²) in [5.41, 5.74) is 0. The van der Waals surface area contributed by atoms with E-state index in [1.54, 1.807) is 0 Å². The van der Waals surface area contributed by atoms with Gasteiger partial charge in [-0.25, -0.2) is 0 Å². The smallest absolute Gasteiger partial charge is 0.230 e. The molecule has 2 rings (SSSR count). The van der Waals surface area contributed by atoms with Gasteiger partial charge in [0.05, 0.1) is 11.8 Å². The molecule has 2 aliphatic rings. The Morgan fingerprint density at radius 2 is 2.55 bits per heavy atom. The second-order valence-corrected chi connectivity index (χ2v) is 5.06. The molecule has 1 amide bonds. The van der Waals surface area contributed by atoms with Crippen molar-refractivity contribution in [1.29, 1.82) is 0 Å². The molecule has 11 heavy (non-hydrogen) atoms. The van der Waals surface area contributed by atoms with Gasteiger partial charge in [-0.15, -0.1) is 21.0 Å². The number of β-lactam (4-membered cyclic amide) rings is 1. The Morgan fingerprint density at radius 3 is 3.18 bits per heavy atom. The summed E-state index contributed by atoms with van der Waals surface area (Å²) in [6, 6.07) is 0. The monoisotopic (exact) mass is 187 g/mol. The Kier molecular flexibility index (Phi) is 1.73. The van der Waals surface area contributed by atoms with E-state index in [1.165, 1.54) is 5.31 Å². The molecule has 0 saturated carbocycles. The Morgan fingerprint density at radius 1 is 1.82 bits per heavy atom. The maximum absolute atomic E-state index is 11.0. The van der Waals surface area contributed by atoms with Crippen LogP contribution < -0.4 is 0 Å². The van der Waals surface area contributed by atoms with Gasteiger partial charge in [0.2, 0.25) is 5.91 Å². The summed E-state index contributed by atoms with van der Waals surface area (Å²) in [6.07, 6.45) is 2.69. The van der Waals surface area contributed by atoms with E-state index in [1.807, 2.05) is 22.9 Å². The minimum Gasteiger partial charge on any atom is -0.306 e. The number of thioether (sulfide) groups is 1. The highest BCUT2D eigenvalue weighted by atomic mass is 32.2. The fourth-order valence-electron chi connectivity index (χ4n) is 1.25. The highest BCUT2D eigenvalue weighted by molar-refractivity contribution is 8.01. The lowest BCUT2D eigenvalue weighted by Crippen LogP contribution is -2.49. The molecule has 2 unspecified atom stereocenters. The lowest BCUT2D eigenvalue weighted by atomic mass is 10.2. The van der Waals surface area contributed by atoms with Crippen molar-refractivity contribution in [1.82, 2.24) is 4.90 Å². The van der Waals surface area contributed by atoms with Crippen LogP contribution in [0, 0.1) is 0 Å². The Balaban J connectivity index is 2.21. The molecule has 0 bridgehead atoms. The second kappa shape index (κ2) is 2.49. The predicted molar refractivity (Wildman–Crippen MR) is 50.1 cm³/mol. The molecule has 1 fully saturated rings. The Hall–Kier alpha value is -0.0100. The van der Waals surface area contributed by atoms with Gasteiger partial charge >= 0.3 is 0 Å². The van der Waals surface area contributed by atoms with E-state index in [4.69, 9.17) is 0 Å². The van der Waals surface area contributed by atoms with Crippen molar-refractivity contribution in [2.75, 3.05) is 0 Å². The van der Waals surface area contributed by atoms with Crippen molar-refractivity contribution < 1.29 is 4.79 Å². The van der Waals surface area contributed by atoms with E-state index in [0.29, 0.717) is 10.6 Å². The molecule has 0 aliphatic carbocycles. The van der Waals surface area contributed by atoms with E-state index < -0.39 is 0 Å². The van der Waals surface area contributed by atoms with Crippen LogP contribution in [0.5, 0.6) is 0 Å². The zero-order valence-electron chi connectivity index (χ0n) is 6.28. The fraction of sp³-hybridized carbons (Fsp3) is 0.571. The van der Waals surface area contributed by atoms with Crippen LogP contribution in [0.2, 0.25) is 0 Å². The largest absolute Gasteiger partial charge is 0.306 e. The average Bonchev–Trinajstić information content (AvgIpc) is 1.97. The maximum atomic E-state index is 11.0. The summed E-state index contributed by atoms with van der Waals surface area (Å²) in [5.74, 6) is 0.259. The quantitative estimate of drug-likeness (QED) is 0.422. The van der Waals surface area contributed by atoms with Gasteiger partial charge in [-0.05, 0) is 12.2 Å². The van der Waals surface area contributed by atoms with Gasteiger partial charge in [-0.1, -0.05) is 0 Å². The van der Waals surface area contributed by atoms with Gasteiger partial charge in [-0.3, -0.25) is 4.79 Å². The number of hydrogen-bond donors (Lipinski definition) is 0. The summed E-state index contributed by atoms with van der Waals surface area (Å²) in [5, 5.41) is 2.20. The van der Waals surface area contributed by atoms with Gasteiger partial charge in [0, 0.05) is 11.4 Å². The first-order chi connectivity index (χ1) is 5.18. The minimum atomic E-state index is 0.259. The third-order valence-electron chi connectivity index (χ3n) is 2.07. The number of rotatable bonds is 0. The van der Waals surface area contributed by atoms with E-state index >= 15 is 0 Å². The highest BCUT2D eigenvalue weighted by Crippen LogP contribution is 2.41. The van der Waals surface area contributed by atoms with Crippen LogP contribution in [0.15, 0.2) is 11.5 Å². The standard InChI is InChI=1S/C7H10NOPS/c1-4-5(10)3-8-6(9)2-7(8)11-4/h3-4,7H,2,10H2,1H3/t4?,7-/m1/s1. The normalized spacial score (nSPS) is 36.0. The number of carbonyl (C=O) groups excluding carboxylic acids is 1. The van der Waals surface area contributed by atoms with Crippen molar-refractivity contribution in [2.45, 2.75) is 24.0 Å². The molecule has 3 atom stereocenters. The predicted octanol–water partition coefficient (Wildman–Crippen LogP) is 1.40.